The Morgan fingerprint density at radius 3 is 2.43 bits per heavy atom. The largest absolute Gasteiger partial charge is 0.481 e. The molecular weight excluding hydrogens is 386 g/mol. The lowest BCUT2D eigenvalue weighted by atomic mass is 9.70. The van der Waals surface area contributed by atoms with Crippen LogP contribution in [0.1, 0.15) is 26.2 Å². The summed E-state index contributed by atoms with van der Waals surface area (Å²) in [6.07, 6.45) is 5.75. The number of hydrogen-bond acceptors (Lipinski definition) is 5. The van der Waals surface area contributed by atoms with E-state index in [-0.39, 0.29) is 12.0 Å². The van der Waals surface area contributed by atoms with Crippen LogP contribution in [-0.2, 0) is 14.3 Å². The van der Waals surface area contributed by atoms with E-state index in [1.807, 2.05) is 30.3 Å². The molecule has 1 unspecified atom stereocenters. The van der Waals surface area contributed by atoms with Gasteiger partial charge in [-0.1, -0.05) is 35.9 Å². The third-order valence-corrected chi connectivity index (χ3v) is 5.09. The first kappa shape index (κ1) is 22.9. The molecule has 1 aromatic heterocycles. The van der Waals surface area contributed by atoms with Crippen LogP contribution in [0.15, 0.2) is 65.9 Å². The highest BCUT2D eigenvalue weighted by Crippen LogP contribution is 2.42. The van der Waals surface area contributed by atoms with Crippen molar-refractivity contribution in [1.82, 2.24) is 9.78 Å². The maximum atomic E-state index is 11.5. The van der Waals surface area contributed by atoms with Gasteiger partial charge in [-0.3, -0.25) is 4.79 Å². The number of aromatic nitrogens is 2. The van der Waals surface area contributed by atoms with Crippen LogP contribution in [-0.4, -0.2) is 45.6 Å². The van der Waals surface area contributed by atoms with Gasteiger partial charge in [-0.15, -0.1) is 0 Å². The Balaban J connectivity index is 0.000000230. The summed E-state index contributed by atoms with van der Waals surface area (Å²) in [5.41, 5.74) is 6.38. The summed E-state index contributed by atoms with van der Waals surface area (Å²) in [6, 6.07) is 11.6. The first-order valence-corrected chi connectivity index (χ1v) is 9.50. The molecule has 1 heterocycles. The molecule has 0 saturated carbocycles. The first-order valence-electron chi connectivity index (χ1n) is 9.50. The molecule has 0 spiro atoms. The number of nitrogen functional groups attached to an aromatic ring is 1. The summed E-state index contributed by atoms with van der Waals surface area (Å²) in [5, 5.41) is 22.5. The second kappa shape index (κ2) is 10.4. The highest BCUT2D eigenvalue weighted by atomic mass is 16.5. The second-order valence-corrected chi connectivity index (χ2v) is 7.01. The molecule has 3 rings (SSSR count). The third-order valence-electron chi connectivity index (χ3n) is 5.09. The maximum absolute atomic E-state index is 11.5. The highest BCUT2D eigenvalue weighted by Gasteiger charge is 2.42. The van der Waals surface area contributed by atoms with Gasteiger partial charge in [0.15, 0.2) is 0 Å². The van der Waals surface area contributed by atoms with Gasteiger partial charge in [0.05, 0.1) is 17.3 Å². The van der Waals surface area contributed by atoms with Crippen LogP contribution in [0.3, 0.4) is 0 Å². The standard InChI is InChI=1S/C13H18O5.C9H9N3/c1-9-4-5-10(11(14)15)8-13(9,12(16)17)6-3-7-18-2;10-9-6-7-11-12(9)8-4-2-1-3-5-8/h4-5H,3,6-8H2,1-2H3,(H,14,15)(H,16,17);1-7H,10H2. The predicted molar refractivity (Wildman–Crippen MR) is 113 cm³/mol. The molecule has 0 radical (unpaired) electrons. The van der Waals surface area contributed by atoms with Gasteiger partial charge < -0.3 is 20.7 Å². The number of carboxylic acids is 2. The van der Waals surface area contributed by atoms with Crippen LogP contribution in [0.25, 0.3) is 5.69 Å². The van der Waals surface area contributed by atoms with E-state index in [9.17, 15) is 14.7 Å². The van der Waals surface area contributed by atoms with Crippen LogP contribution in [0, 0.1) is 5.41 Å². The molecule has 1 aliphatic rings. The van der Waals surface area contributed by atoms with E-state index in [1.54, 1.807) is 37.1 Å². The van der Waals surface area contributed by atoms with Gasteiger partial charge >= 0.3 is 11.9 Å². The van der Waals surface area contributed by atoms with Crippen LogP contribution >= 0.6 is 0 Å². The van der Waals surface area contributed by atoms with Crippen molar-refractivity contribution < 1.29 is 24.5 Å². The minimum absolute atomic E-state index is 0.0315. The van der Waals surface area contributed by atoms with Crippen LogP contribution in [0.5, 0.6) is 0 Å². The lowest BCUT2D eigenvalue weighted by molar-refractivity contribution is -0.147. The van der Waals surface area contributed by atoms with Gasteiger partial charge in [0, 0.05) is 25.4 Å². The number of methoxy groups -OCH3 is 1. The molecule has 2 aromatic rings. The molecule has 8 heteroatoms. The van der Waals surface area contributed by atoms with Gasteiger partial charge in [-0.25, -0.2) is 9.48 Å². The Bertz CT molecular complexity index is 933. The zero-order chi connectivity index (χ0) is 22.1. The summed E-state index contributed by atoms with van der Waals surface area (Å²) in [6.45, 7) is 2.20. The van der Waals surface area contributed by atoms with Crippen molar-refractivity contribution in [3.05, 3.63) is 65.9 Å². The molecule has 1 aromatic carbocycles. The lowest BCUT2D eigenvalue weighted by Crippen LogP contribution is -2.35. The van der Waals surface area contributed by atoms with Crippen molar-refractivity contribution in [3.8, 4) is 5.69 Å². The number of nitrogens with two attached hydrogens (primary N) is 1. The average molecular weight is 413 g/mol. The summed E-state index contributed by atoms with van der Waals surface area (Å²) in [4.78, 5) is 22.5. The minimum atomic E-state index is -1.11. The highest BCUT2D eigenvalue weighted by molar-refractivity contribution is 5.90. The van der Waals surface area contributed by atoms with E-state index in [1.165, 1.54) is 6.08 Å². The number of rotatable bonds is 7. The summed E-state index contributed by atoms with van der Waals surface area (Å²) < 4.78 is 6.62. The zero-order valence-corrected chi connectivity index (χ0v) is 17.1. The van der Waals surface area contributed by atoms with Crippen LogP contribution < -0.4 is 5.73 Å². The van der Waals surface area contributed by atoms with Crippen LogP contribution in [0.2, 0.25) is 0 Å². The van der Waals surface area contributed by atoms with Crippen molar-refractivity contribution in [2.24, 2.45) is 5.41 Å². The fraction of sp³-hybridized carbons (Fsp3) is 0.318. The molecule has 4 N–H and O–H groups in total. The zero-order valence-electron chi connectivity index (χ0n) is 17.1. The second-order valence-electron chi connectivity index (χ2n) is 7.01. The number of hydrogen-bond donors (Lipinski definition) is 3. The summed E-state index contributed by atoms with van der Waals surface area (Å²) >= 11 is 0. The van der Waals surface area contributed by atoms with E-state index < -0.39 is 17.4 Å². The number of ether oxygens (including phenoxy) is 1. The first-order chi connectivity index (χ1) is 14.3. The number of anilines is 1. The Morgan fingerprint density at radius 1 is 1.20 bits per heavy atom. The normalized spacial score (nSPS) is 17.9. The predicted octanol–water partition coefficient (Wildman–Crippen LogP) is 3.30. The van der Waals surface area contributed by atoms with Gasteiger partial charge in [-0.2, -0.15) is 5.10 Å². The summed E-state index contributed by atoms with van der Waals surface area (Å²) in [5.74, 6) is -1.38. The quantitative estimate of drug-likeness (QED) is 0.594. The van der Waals surface area contributed by atoms with Crippen molar-refractivity contribution in [1.29, 1.82) is 0 Å². The number of benzene rings is 1. The smallest absolute Gasteiger partial charge is 0.331 e. The number of nitrogens with zero attached hydrogens (tertiary/aromatic N) is 2. The molecule has 0 amide bonds. The van der Waals surface area contributed by atoms with E-state index in [0.29, 0.717) is 30.8 Å². The molecule has 1 atom stereocenters. The molecule has 160 valence electrons. The minimum Gasteiger partial charge on any atom is -0.481 e. The van der Waals surface area contributed by atoms with Crippen molar-refractivity contribution in [2.75, 3.05) is 19.5 Å². The van der Waals surface area contributed by atoms with Gasteiger partial charge in [-0.05, 0) is 38.3 Å². The molecular formula is C22H27N3O5. The van der Waals surface area contributed by atoms with E-state index in [4.69, 9.17) is 15.6 Å². The average Bonchev–Trinajstić information content (AvgIpc) is 3.16. The topological polar surface area (TPSA) is 128 Å². The fourth-order valence-electron chi connectivity index (χ4n) is 3.31. The van der Waals surface area contributed by atoms with Crippen molar-refractivity contribution in [3.63, 3.8) is 0 Å². The van der Waals surface area contributed by atoms with Gasteiger partial charge in [0.2, 0.25) is 0 Å². The molecule has 1 aliphatic carbocycles. The van der Waals surface area contributed by atoms with E-state index in [2.05, 4.69) is 5.10 Å². The van der Waals surface area contributed by atoms with Crippen molar-refractivity contribution >= 4 is 17.8 Å². The SMILES string of the molecule is COCCCC1(C(=O)O)CC(C(=O)O)=CC=C1C.Nc1ccnn1-c1ccccc1. The Kier molecular flexibility index (Phi) is 7.94. The fourth-order valence-corrected chi connectivity index (χ4v) is 3.31. The monoisotopic (exact) mass is 413 g/mol. The summed E-state index contributed by atoms with van der Waals surface area (Å²) in [7, 11) is 1.56. The number of aliphatic carboxylic acids is 2. The van der Waals surface area contributed by atoms with E-state index >= 15 is 0 Å². The molecule has 30 heavy (non-hydrogen) atoms. The Morgan fingerprint density at radius 2 is 1.90 bits per heavy atom. The number of para-hydroxylation sites is 1. The molecule has 8 nitrogen and oxygen atoms in total. The number of carboxylic acid groups (broad SMARTS) is 2. The maximum Gasteiger partial charge on any atom is 0.331 e. The Labute approximate surface area is 175 Å². The van der Waals surface area contributed by atoms with E-state index in [0.717, 1.165) is 5.69 Å². The van der Waals surface area contributed by atoms with Gasteiger partial charge in [0.25, 0.3) is 0 Å². The van der Waals surface area contributed by atoms with Gasteiger partial charge in [0.1, 0.15) is 5.82 Å². The number of carbonyl (C=O) groups is 2. The molecule has 0 saturated heterocycles. The molecule has 0 bridgehead atoms. The Hall–Kier alpha value is -3.39. The lowest BCUT2D eigenvalue weighted by Gasteiger charge is -2.33. The molecule has 0 fully saturated rings. The van der Waals surface area contributed by atoms with Crippen LogP contribution in [0.4, 0.5) is 5.82 Å². The van der Waals surface area contributed by atoms with Crippen molar-refractivity contribution in [2.45, 2.75) is 26.2 Å². The number of allylic oxidation sites excluding steroid dienone is 2. The molecule has 0 aliphatic heterocycles. The third kappa shape index (κ3) is 5.36.